The minimum absolute atomic E-state index is 0.0675. The molecule has 2 heterocycles. The number of carbonyl (C=O) groups is 1. The topological polar surface area (TPSA) is 101 Å². The number of carboxylic acids is 1. The number of sulfonamides is 1. The Morgan fingerprint density at radius 1 is 0.920 bits per heavy atom. The largest absolute Gasteiger partial charge is 0.493 e. The van der Waals surface area contributed by atoms with E-state index in [2.05, 4.69) is 45.4 Å². The highest BCUT2D eigenvalue weighted by atomic mass is 35.5. The number of fused-ring (bicyclic) bond motifs is 1. The van der Waals surface area contributed by atoms with E-state index in [0.29, 0.717) is 42.7 Å². The van der Waals surface area contributed by atoms with Crippen molar-refractivity contribution in [1.82, 2.24) is 14.2 Å². The molecule has 1 aromatic heterocycles. The molecule has 262 valence electrons. The van der Waals surface area contributed by atoms with Crippen LogP contribution in [-0.4, -0.2) is 67.5 Å². The van der Waals surface area contributed by atoms with Gasteiger partial charge in [-0.05, 0) is 91.0 Å². The van der Waals surface area contributed by atoms with Gasteiger partial charge in [0.2, 0.25) is 10.0 Å². The van der Waals surface area contributed by atoms with Crippen LogP contribution in [0.1, 0.15) is 58.5 Å². The lowest BCUT2D eigenvalue weighted by molar-refractivity contribution is 0.0697. The van der Waals surface area contributed by atoms with Gasteiger partial charge in [0, 0.05) is 47.6 Å². The number of hydrogen-bond acceptors (Lipinski definition) is 5. The molecule has 0 spiro atoms. The monoisotopic (exact) mass is 713 g/mol. The first-order valence-electron chi connectivity index (χ1n) is 17.3. The number of nitrogens with zero attached hydrogens (tertiary/aromatic N) is 2. The molecule has 4 aromatic carbocycles. The SMILES string of the molecule is CC1CCN(CCS(=O)(=O)NCCc2c(CCOc3ccc(C(=O)O)cc3)c3cc(Cl)ccc3n2C(c2ccccc2)c2ccccc2)CC1. The second-order valence-electron chi connectivity index (χ2n) is 13.1. The summed E-state index contributed by atoms with van der Waals surface area (Å²) in [7, 11) is -3.50. The number of carboxylic acid groups (broad SMARTS) is 1. The van der Waals surface area contributed by atoms with Gasteiger partial charge in [0.1, 0.15) is 5.75 Å². The van der Waals surface area contributed by atoms with E-state index < -0.39 is 16.0 Å². The molecule has 1 aliphatic rings. The summed E-state index contributed by atoms with van der Waals surface area (Å²) >= 11 is 6.62. The Hall–Kier alpha value is -4.15. The van der Waals surface area contributed by atoms with Crippen LogP contribution >= 0.6 is 11.6 Å². The van der Waals surface area contributed by atoms with Crippen LogP contribution in [0.4, 0.5) is 0 Å². The molecule has 1 fully saturated rings. The van der Waals surface area contributed by atoms with E-state index >= 15 is 0 Å². The van der Waals surface area contributed by atoms with Crippen molar-refractivity contribution >= 4 is 38.5 Å². The van der Waals surface area contributed by atoms with Crippen LogP contribution in [0.2, 0.25) is 5.02 Å². The van der Waals surface area contributed by atoms with E-state index in [9.17, 15) is 18.3 Å². The first-order valence-corrected chi connectivity index (χ1v) is 19.3. The maximum absolute atomic E-state index is 13.3. The number of likely N-dealkylation sites (tertiary alicyclic amines) is 1. The number of halogens is 1. The van der Waals surface area contributed by atoms with Crippen molar-refractivity contribution in [2.45, 2.75) is 38.6 Å². The van der Waals surface area contributed by atoms with Crippen molar-refractivity contribution in [2.24, 2.45) is 5.92 Å². The fraction of sp³-hybridized carbons (Fsp3) is 0.325. The van der Waals surface area contributed by atoms with Gasteiger partial charge in [0.25, 0.3) is 0 Å². The lowest BCUT2D eigenvalue weighted by atomic mass is 9.97. The summed E-state index contributed by atoms with van der Waals surface area (Å²) < 4.78 is 37.9. The summed E-state index contributed by atoms with van der Waals surface area (Å²) in [4.78, 5) is 13.6. The zero-order chi connectivity index (χ0) is 35.1. The average molecular weight is 714 g/mol. The second kappa shape index (κ2) is 16.2. The van der Waals surface area contributed by atoms with Gasteiger partial charge in [-0.25, -0.2) is 17.9 Å². The summed E-state index contributed by atoms with van der Waals surface area (Å²) in [6.07, 6.45) is 3.18. The van der Waals surface area contributed by atoms with Gasteiger partial charge in [-0.1, -0.05) is 79.2 Å². The van der Waals surface area contributed by atoms with Gasteiger partial charge in [0.05, 0.1) is 24.0 Å². The first-order chi connectivity index (χ1) is 24.2. The zero-order valence-corrected chi connectivity index (χ0v) is 29.9. The zero-order valence-electron chi connectivity index (χ0n) is 28.3. The van der Waals surface area contributed by atoms with Gasteiger partial charge in [0.15, 0.2) is 0 Å². The van der Waals surface area contributed by atoms with Crippen LogP contribution < -0.4 is 9.46 Å². The fourth-order valence-electron chi connectivity index (χ4n) is 6.91. The molecule has 1 aliphatic heterocycles. The molecular formula is C40H44ClN3O5S. The highest BCUT2D eigenvalue weighted by Gasteiger charge is 2.26. The van der Waals surface area contributed by atoms with E-state index in [-0.39, 0.29) is 23.9 Å². The molecule has 10 heteroatoms. The lowest BCUT2D eigenvalue weighted by Gasteiger charge is -2.29. The van der Waals surface area contributed by atoms with Crippen LogP contribution in [-0.2, 0) is 22.9 Å². The third kappa shape index (κ3) is 8.76. The summed E-state index contributed by atoms with van der Waals surface area (Å²) in [6, 6.07) is 32.7. The van der Waals surface area contributed by atoms with Gasteiger partial charge in [-0.3, -0.25) is 0 Å². The van der Waals surface area contributed by atoms with Crippen molar-refractivity contribution in [2.75, 3.05) is 38.5 Å². The van der Waals surface area contributed by atoms with Crippen molar-refractivity contribution in [1.29, 1.82) is 0 Å². The third-order valence-electron chi connectivity index (χ3n) is 9.63. The standard InChI is InChI=1S/C40H44ClN3O5S/c1-29-19-23-43(24-20-29)25-27-50(47,48)42-22-18-38-35(21-26-49-34-15-12-32(13-16-34)40(45)46)36-28-33(41)14-17-37(36)44(38)39(30-8-4-2-5-9-30)31-10-6-3-7-11-31/h2-17,28-29,39,42H,18-27H2,1H3,(H,45,46). The van der Waals surface area contributed by atoms with E-state index in [0.717, 1.165) is 59.2 Å². The van der Waals surface area contributed by atoms with E-state index in [1.807, 2.05) is 54.6 Å². The summed E-state index contributed by atoms with van der Waals surface area (Å²) in [6.45, 7) is 5.23. The van der Waals surface area contributed by atoms with Gasteiger partial charge in [-0.2, -0.15) is 0 Å². The summed E-state index contributed by atoms with van der Waals surface area (Å²) in [5, 5.41) is 10.9. The highest BCUT2D eigenvalue weighted by molar-refractivity contribution is 7.89. The van der Waals surface area contributed by atoms with Crippen LogP contribution in [0.25, 0.3) is 10.9 Å². The van der Waals surface area contributed by atoms with Gasteiger partial charge < -0.3 is 19.3 Å². The summed E-state index contributed by atoms with van der Waals surface area (Å²) in [5.74, 6) is 0.336. The van der Waals surface area contributed by atoms with Crippen molar-refractivity contribution in [3.63, 3.8) is 0 Å². The Bertz CT molecular complexity index is 1950. The Labute approximate surface area is 299 Å². The van der Waals surface area contributed by atoms with E-state index in [4.69, 9.17) is 16.3 Å². The molecule has 0 amide bonds. The summed E-state index contributed by atoms with van der Waals surface area (Å²) in [5.41, 5.74) is 5.41. The van der Waals surface area contributed by atoms with Crippen LogP contribution in [0.15, 0.2) is 103 Å². The normalized spacial score (nSPS) is 14.4. The van der Waals surface area contributed by atoms with Crippen molar-refractivity contribution < 1.29 is 23.1 Å². The van der Waals surface area contributed by atoms with E-state index in [1.165, 1.54) is 12.1 Å². The first kappa shape index (κ1) is 35.7. The molecule has 0 unspecified atom stereocenters. The minimum atomic E-state index is -3.50. The van der Waals surface area contributed by atoms with Gasteiger partial charge >= 0.3 is 5.97 Å². The molecule has 8 nitrogen and oxygen atoms in total. The molecule has 50 heavy (non-hydrogen) atoms. The van der Waals surface area contributed by atoms with Crippen LogP contribution in [0, 0.1) is 5.92 Å². The molecule has 6 rings (SSSR count). The predicted octanol–water partition coefficient (Wildman–Crippen LogP) is 7.45. The highest BCUT2D eigenvalue weighted by Crippen LogP contribution is 2.38. The molecule has 0 radical (unpaired) electrons. The molecule has 0 atom stereocenters. The number of aromatic nitrogens is 1. The average Bonchev–Trinajstić information content (AvgIpc) is 3.40. The fourth-order valence-corrected chi connectivity index (χ4v) is 8.14. The molecular weight excluding hydrogens is 670 g/mol. The molecule has 0 saturated carbocycles. The van der Waals surface area contributed by atoms with Gasteiger partial charge in [-0.15, -0.1) is 0 Å². The molecule has 1 saturated heterocycles. The Morgan fingerprint density at radius 2 is 1.56 bits per heavy atom. The molecule has 5 aromatic rings. The van der Waals surface area contributed by atoms with E-state index in [1.54, 1.807) is 12.1 Å². The maximum Gasteiger partial charge on any atom is 0.335 e. The van der Waals surface area contributed by atoms with Crippen molar-refractivity contribution in [3.8, 4) is 5.75 Å². The second-order valence-corrected chi connectivity index (χ2v) is 15.5. The molecule has 0 aliphatic carbocycles. The molecule has 0 bridgehead atoms. The number of hydrogen-bond donors (Lipinski definition) is 2. The number of ether oxygens (including phenoxy) is 1. The maximum atomic E-state index is 13.3. The van der Waals surface area contributed by atoms with Crippen LogP contribution in [0.5, 0.6) is 5.75 Å². The number of aromatic carboxylic acids is 1. The Morgan fingerprint density at radius 3 is 2.18 bits per heavy atom. The quantitative estimate of drug-likeness (QED) is 0.117. The Balaban J connectivity index is 1.34. The smallest absolute Gasteiger partial charge is 0.335 e. The number of benzene rings is 4. The molecule has 2 N–H and O–H groups in total. The Kier molecular flexibility index (Phi) is 11.6. The lowest BCUT2D eigenvalue weighted by Crippen LogP contribution is -2.39. The number of rotatable bonds is 15. The minimum Gasteiger partial charge on any atom is -0.493 e. The van der Waals surface area contributed by atoms with Crippen molar-refractivity contribution in [3.05, 3.63) is 136 Å². The number of nitrogens with one attached hydrogen (secondary N) is 1. The third-order valence-corrected chi connectivity index (χ3v) is 11.2. The van der Waals surface area contributed by atoms with Crippen LogP contribution in [0.3, 0.4) is 0 Å². The number of piperidine rings is 1. The predicted molar refractivity (Wildman–Crippen MR) is 200 cm³/mol.